The Labute approximate surface area is 241 Å². The van der Waals surface area contributed by atoms with Crippen molar-refractivity contribution in [2.24, 2.45) is 0 Å². The number of ether oxygens (including phenoxy) is 3. The Bertz CT molecular complexity index is 560. The molecule has 37 heavy (non-hydrogen) atoms. The summed E-state index contributed by atoms with van der Waals surface area (Å²) >= 11 is 7.40. The number of carbonyl (C=O) groups excluding carboxylic acids is 3. The fourth-order valence-corrected chi connectivity index (χ4v) is 5.11. The van der Waals surface area contributed by atoms with Crippen LogP contribution in [-0.4, -0.2) is 119 Å². The predicted octanol–water partition coefficient (Wildman–Crippen LogP) is 2.69. The summed E-state index contributed by atoms with van der Waals surface area (Å²) in [4.78, 5) is 44.9. The van der Waals surface area contributed by atoms with Gasteiger partial charge in [0.25, 0.3) is 0 Å². The van der Waals surface area contributed by atoms with Gasteiger partial charge in [-0.25, -0.2) is 9.78 Å². The Morgan fingerprint density at radius 2 is 0.838 bits per heavy atom. The average Bonchev–Trinajstić information content (AvgIpc) is 2.89. The Morgan fingerprint density at radius 1 is 0.459 bits per heavy atom. The van der Waals surface area contributed by atoms with Gasteiger partial charge >= 0.3 is 17.9 Å². The third-order valence-corrected chi connectivity index (χ3v) is 8.16. The molecule has 0 aliphatic rings. The van der Waals surface area contributed by atoms with Gasteiger partial charge < -0.3 is 24.4 Å². The van der Waals surface area contributed by atoms with Gasteiger partial charge in [-0.3, -0.25) is 14.4 Å². The zero-order valence-corrected chi connectivity index (χ0v) is 25.2. The maximum Gasteiger partial charge on any atom is 0.306 e. The standard InChI is InChI=1S/C22H40O10S5/c23-18-36-15-7-29-20(25)2-11-33-10-1-5-31-32-9-17-35-14-6-28-21(26)3-12-34-13-4-22(27)30-8-16-37-19-24/h23-24H,1-19H2. The third-order valence-electron chi connectivity index (χ3n) is 3.92. The van der Waals surface area contributed by atoms with Crippen LogP contribution >= 0.6 is 58.8 Å². The molecule has 0 unspecified atom stereocenters. The van der Waals surface area contributed by atoms with E-state index in [0.717, 1.165) is 17.9 Å². The van der Waals surface area contributed by atoms with Crippen molar-refractivity contribution in [1.29, 1.82) is 0 Å². The minimum Gasteiger partial charge on any atom is -0.465 e. The number of aliphatic hydroxyl groups is 2. The molecule has 0 spiro atoms. The van der Waals surface area contributed by atoms with Gasteiger partial charge in [0.15, 0.2) is 0 Å². The van der Waals surface area contributed by atoms with Crippen LogP contribution in [0.1, 0.15) is 25.7 Å². The molecule has 10 nitrogen and oxygen atoms in total. The molecule has 0 aliphatic heterocycles. The van der Waals surface area contributed by atoms with Crippen LogP contribution in [0.5, 0.6) is 0 Å². The minimum absolute atomic E-state index is 0.0184. The molecule has 0 rings (SSSR count). The van der Waals surface area contributed by atoms with Crippen molar-refractivity contribution in [2.45, 2.75) is 25.7 Å². The van der Waals surface area contributed by atoms with Gasteiger partial charge in [0.2, 0.25) is 0 Å². The van der Waals surface area contributed by atoms with Crippen LogP contribution in [-0.2, 0) is 38.4 Å². The van der Waals surface area contributed by atoms with Gasteiger partial charge in [-0.15, -0.1) is 23.5 Å². The normalized spacial score (nSPS) is 10.9. The number of aliphatic hydroxyl groups excluding tert-OH is 2. The van der Waals surface area contributed by atoms with Gasteiger partial charge in [0.1, 0.15) is 19.8 Å². The SMILES string of the molecule is O=C(CCSCCCOOCCSCCOC(=O)CCSCCC(=O)OCCSCO)OCCSCO. The van der Waals surface area contributed by atoms with Gasteiger partial charge in [0, 0.05) is 40.3 Å². The van der Waals surface area contributed by atoms with Crippen LogP contribution in [0.15, 0.2) is 0 Å². The van der Waals surface area contributed by atoms with Crippen molar-refractivity contribution in [3.63, 3.8) is 0 Å². The fraction of sp³-hybridized carbons (Fsp3) is 0.864. The van der Waals surface area contributed by atoms with Crippen LogP contribution in [0.2, 0.25) is 0 Å². The summed E-state index contributed by atoms with van der Waals surface area (Å²) in [6.45, 7) is 1.92. The van der Waals surface area contributed by atoms with Gasteiger partial charge in [-0.2, -0.15) is 35.3 Å². The quantitative estimate of drug-likeness (QED) is 0.0329. The molecule has 0 aliphatic carbocycles. The molecule has 0 amide bonds. The van der Waals surface area contributed by atoms with Crippen molar-refractivity contribution in [3.8, 4) is 0 Å². The molecule has 0 aromatic heterocycles. The molecular weight excluding hydrogens is 585 g/mol. The highest BCUT2D eigenvalue weighted by molar-refractivity contribution is 8.00. The molecule has 0 aromatic carbocycles. The van der Waals surface area contributed by atoms with E-state index in [1.165, 1.54) is 35.3 Å². The second kappa shape index (κ2) is 30.5. The highest BCUT2D eigenvalue weighted by atomic mass is 32.2. The van der Waals surface area contributed by atoms with E-state index in [0.29, 0.717) is 86.8 Å². The van der Waals surface area contributed by atoms with E-state index in [1.54, 1.807) is 23.5 Å². The summed E-state index contributed by atoms with van der Waals surface area (Å²) in [5, 5.41) is 17.2. The van der Waals surface area contributed by atoms with Crippen molar-refractivity contribution in [3.05, 3.63) is 0 Å². The fourth-order valence-electron chi connectivity index (χ4n) is 2.19. The number of rotatable bonds is 28. The van der Waals surface area contributed by atoms with Crippen molar-refractivity contribution in [1.82, 2.24) is 0 Å². The summed E-state index contributed by atoms with van der Waals surface area (Å²) in [5.41, 5.74) is 0. The molecule has 0 aromatic rings. The Morgan fingerprint density at radius 3 is 1.32 bits per heavy atom. The lowest BCUT2D eigenvalue weighted by Gasteiger charge is -2.06. The minimum atomic E-state index is -0.267. The highest BCUT2D eigenvalue weighted by Gasteiger charge is 2.06. The van der Waals surface area contributed by atoms with Crippen LogP contribution < -0.4 is 0 Å². The van der Waals surface area contributed by atoms with Crippen LogP contribution in [0, 0.1) is 0 Å². The van der Waals surface area contributed by atoms with E-state index < -0.39 is 0 Å². The van der Waals surface area contributed by atoms with E-state index >= 15 is 0 Å². The topological polar surface area (TPSA) is 138 Å². The van der Waals surface area contributed by atoms with Crippen molar-refractivity contribution >= 4 is 76.7 Å². The van der Waals surface area contributed by atoms with Crippen LogP contribution in [0.25, 0.3) is 0 Å². The Hall–Kier alpha value is -0.000000000000000187. The van der Waals surface area contributed by atoms with E-state index in [4.69, 9.17) is 34.2 Å². The molecule has 2 N–H and O–H groups in total. The molecule has 0 saturated carbocycles. The molecule has 0 saturated heterocycles. The van der Waals surface area contributed by atoms with Crippen LogP contribution in [0.3, 0.4) is 0 Å². The van der Waals surface area contributed by atoms with Gasteiger partial charge in [-0.1, -0.05) is 0 Å². The van der Waals surface area contributed by atoms with Crippen molar-refractivity contribution < 1.29 is 48.6 Å². The molecule has 218 valence electrons. The third kappa shape index (κ3) is 30.4. The summed E-state index contributed by atoms with van der Waals surface area (Å²) in [6.07, 6.45) is 1.81. The molecule has 0 radical (unpaired) electrons. The molecule has 0 fully saturated rings. The lowest BCUT2D eigenvalue weighted by molar-refractivity contribution is -0.289. The monoisotopic (exact) mass is 624 g/mol. The molecular formula is C22H40O10S5. The molecule has 0 bridgehead atoms. The van der Waals surface area contributed by atoms with E-state index in [9.17, 15) is 14.4 Å². The Kier molecular flexibility index (Phi) is 30.5. The summed E-state index contributed by atoms with van der Waals surface area (Å²) in [7, 11) is 0. The highest BCUT2D eigenvalue weighted by Crippen LogP contribution is 2.08. The van der Waals surface area contributed by atoms with Crippen molar-refractivity contribution in [2.75, 3.05) is 90.9 Å². The maximum atomic E-state index is 11.7. The second-order valence-electron chi connectivity index (χ2n) is 6.82. The first kappa shape index (κ1) is 37.0. The average molecular weight is 625 g/mol. The number of thioether (sulfide) groups is 5. The number of hydrogen-bond acceptors (Lipinski definition) is 15. The number of esters is 3. The lowest BCUT2D eigenvalue weighted by atomic mass is 10.5. The lowest BCUT2D eigenvalue weighted by Crippen LogP contribution is -2.10. The van der Waals surface area contributed by atoms with E-state index in [-0.39, 0.29) is 29.8 Å². The summed E-state index contributed by atoms with van der Waals surface area (Å²) in [5.74, 6) is 4.70. The van der Waals surface area contributed by atoms with Crippen LogP contribution in [0.4, 0.5) is 0 Å². The van der Waals surface area contributed by atoms with Gasteiger partial charge in [-0.05, 0) is 12.2 Å². The number of hydrogen-bond donors (Lipinski definition) is 2. The zero-order valence-electron chi connectivity index (χ0n) is 21.1. The molecule has 0 heterocycles. The van der Waals surface area contributed by atoms with E-state index in [1.807, 2.05) is 0 Å². The molecule has 0 atom stereocenters. The zero-order chi connectivity index (χ0) is 27.2. The van der Waals surface area contributed by atoms with Gasteiger partial charge in [0.05, 0.1) is 44.4 Å². The largest absolute Gasteiger partial charge is 0.465 e. The summed E-state index contributed by atoms with van der Waals surface area (Å²) in [6, 6.07) is 0. The first-order valence-electron chi connectivity index (χ1n) is 11.9. The second-order valence-corrected chi connectivity index (χ2v) is 12.6. The van der Waals surface area contributed by atoms with E-state index in [2.05, 4.69) is 0 Å². The first-order chi connectivity index (χ1) is 18.1. The maximum absolute atomic E-state index is 11.7. The number of carbonyl (C=O) groups is 3. The molecule has 15 heteroatoms. The predicted molar refractivity (Wildman–Crippen MR) is 154 cm³/mol. The first-order valence-corrected chi connectivity index (χ1v) is 17.7. The summed E-state index contributed by atoms with van der Waals surface area (Å²) < 4.78 is 15.2. The smallest absolute Gasteiger partial charge is 0.306 e. The Balaban J connectivity index is 3.27.